The standard InChI is InChI=1S/C24H21F2N5O5S/c1-34-18-7-6-15(4-5-16-12-24(25,26)13-16)10-20(18)37(32,33)30-22-21-19(36-29-22)11-17(28-23(21)35-2)14-31-9-3-8-27-31/h3,6-11,16H,12-14H2,1-2H3,(H,29,30). The number of hydrogen-bond donors (Lipinski definition) is 1. The third-order valence-electron chi connectivity index (χ3n) is 5.75. The van der Waals surface area contributed by atoms with Crippen molar-refractivity contribution in [3.63, 3.8) is 0 Å². The van der Waals surface area contributed by atoms with E-state index in [1.807, 2.05) is 0 Å². The Morgan fingerprint density at radius 2 is 2.05 bits per heavy atom. The van der Waals surface area contributed by atoms with Crippen molar-refractivity contribution in [2.45, 2.75) is 30.2 Å². The van der Waals surface area contributed by atoms with Crippen LogP contribution in [-0.4, -0.2) is 48.5 Å². The van der Waals surface area contributed by atoms with E-state index in [0.29, 0.717) is 17.8 Å². The highest BCUT2D eigenvalue weighted by atomic mass is 32.2. The van der Waals surface area contributed by atoms with Gasteiger partial charge in [-0.2, -0.15) is 5.10 Å². The lowest BCUT2D eigenvalue weighted by atomic mass is 9.82. The summed E-state index contributed by atoms with van der Waals surface area (Å²) in [6.45, 7) is 0.338. The molecule has 5 rings (SSSR count). The molecule has 4 aromatic rings. The normalized spacial score (nSPS) is 15.0. The first-order chi connectivity index (χ1) is 17.7. The lowest BCUT2D eigenvalue weighted by Gasteiger charge is -2.31. The van der Waals surface area contributed by atoms with Gasteiger partial charge in [0.15, 0.2) is 11.4 Å². The van der Waals surface area contributed by atoms with Gasteiger partial charge in [0.25, 0.3) is 15.9 Å². The van der Waals surface area contributed by atoms with Gasteiger partial charge in [0.2, 0.25) is 5.88 Å². The molecule has 1 aliphatic rings. The summed E-state index contributed by atoms with van der Waals surface area (Å²) in [5, 5.41) is 8.25. The summed E-state index contributed by atoms with van der Waals surface area (Å²) < 4.78 is 72.9. The van der Waals surface area contributed by atoms with E-state index in [9.17, 15) is 17.2 Å². The van der Waals surface area contributed by atoms with Gasteiger partial charge in [0.1, 0.15) is 16.0 Å². The number of alkyl halides is 2. The fourth-order valence-corrected chi connectivity index (χ4v) is 5.13. The summed E-state index contributed by atoms with van der Waals surface area (Å²) in [5.74, 6) is 2.47. The van der Waals surface area contributed by atoms with Crippen molar-refractivity contribution in [3.8, 4) is 23.5 Å². The van der Waals surface area contributed by atoms with E-state index in [4.69, 9.17) is 14.0 Å². The summed E-state index contributed by atoms with van der Waals surface area (Å²) in [6, 6.07) is 7.70. The van der Waals surface area contributed by atoms with Gasteiger partial charge in [-0.25, -0.2) is 22.2 Å². The molecular formula is C24H21F2N5O5S. The van der Waals surface area contributed by atoms with Crippen LogP contribution in [0.15, 0.2) is 52.1 Å². The maximum atomic E-state index is 13.4. The maximum absolute atomic E-state index is 13.4. The zero-order chi connectivity index (χ0) is 26.2. The number of pyridine rings is 1. The summed E-state index contributed by atoms with van der Waals surface area (Å²) >= 11 is 0. The average molecular weight is 530 g/mol. The van der Waals surface area contributed by atoms with Gasteiger partial charge in [-0.1, -0.05) is 17.0 Å². The third kappa shape index (κ3) is 5.05. The van der Waals surface area contributed by atoms with Gasteiger partial charge in [-0.05, 0) is 24.3 Å². The zero-order valence-corrected chi connectivity index (χ0v) is 20.6. The zero-order valence-electron chi connectivity index (χ0n) is 19.7. The molecule has 0 amide bonds. The highest BCUT2D eigenvalue weighted by Crippen LogP contribution is 2.42. The molecule has 1 aromatic carbocycles. The fraction of sp³-hybridized carbons (Fsp3) is 0.292. The number of methoxy groups -OCH3 is 2. The molecule has 1 fully saturated rings. The Balaban J connectivity index is 1.45. The van der Waals surface area contributed by atoms with Crippen molar-refractivity contribution in [2.24, 2.45) is 5.92 Å². The molecule has 0 atom stereocenters. The molecule has 13 heteroatoms. The van der Waals surface area contributed by atoms with Crippen LogP contribution in [0.3, 0.4) is 0 Å². The molecular weight excluding hydrogens is 508 g/mol. The topological polar surface area (TPSA) is 121 Å². The van der Waals surface area contributed by atoms with Gasteiger partial charge >= 0.3 is 0 Å². The van der Waals surface area contributed by atoms with E-state index in [1.165, 1.54) is 26.4 Å². The molecule has 0 spiro atoms. The van der Waals surface area contributed by atoms with E-state index in [0.717, 1.165) is 0 Å². The van der Waals surface area contributed by atoms with Gasteiger partial charge in [0, 0.05) is 42.8 Å². The maximum Gasteiger partial charge on any atom is 0.266 e. The highest BCUT2D eigenvalue weighted by Gasteiger charge is 2.44. The van der Waals surface area contributed by atoms with Crippen molar-refractivity contribution in [3.05, 3.63) is 54.0 Å². The van der Waals surface area contributed by atoms with E-state index in [2.05, 4.69) is 31.8 Å². The number of nitrogens with zero attached hydrogens (tertiary/aromatic N) is 4. The molecule has 10 nitrogen and oxygen atoms in total. The van der Waals surface area contributed by atoms with E-state index >= 15 is 0 Å². The number of benzene rings is 1. The number of anilines is 1. The van der Waals surface area contributed by atoms with Crippen molar-refractivity contribution in [1.82, 2.24) is 19.9 Å². The molecule has 0 bridgehead atoms. The van der Waals surface area contributed by atoms with Crippen LogP contribution >= 0.6 is 0 Å². The number of halogens is 2. The predicted octanol–water partition coefficient (Wildman–Crippen LogP) is 3.68. The number of ether oxygens (including phenoxy) is 2. The molecule has 37 heavy (non-hydrogen) atoms. The van der Waals surface area contributed by atoms with E-state index < -0.39 is 21.9 Å². The quantitative estimate of drug-likeness (QED) is 0.360. The Kier molecular flexibility index (Phi) is 6.20. The van der Waals surface area contributed by atoms with Crippen LogP contribution in [0.2, 0.25) is 0 Å². The number of hydrogen-bond acceptors (Lipinski definition) is 8. The summed E-state index contributed by atoms with van der Waals surface area (Å²) in [4.78, 5) is 4.22. The van der Waals surface area contributed by atoms with Crippen LogP contribution in [0.25, 0.3) is 11.0 Å². The molecule has 1 saturated carbocycles. The first-order valence-electron chi connectivity index (χ1n) is 11.1. The molecule has 1 aliphatic carbocycles. The van der Waals surface area contributed by atoms with Crippen LogP contribution in [-0.2, 0) is 16.6 Å². The number of aromatic nitrogens is 4. The monoisotopic (exact) mass is 529 g/mol. The number of nitrogens with one attached hydrogen (secondary N) is 1. The second kappa shape index (κ2) is 9.36. The smallest absolute Gasteiger partial charge is 0.266 e. The SMILES string of the molecule is COc1ccc(C#CC2CC(F)(F)C2)cc1S(=O)(=O)Nc1noc2cc(Cn3cccn3)nc(OC)c12. The van der Waals surface area contributed by atoms with Crippen molar-refractivity contribution < 1.29 is 31.2 Å². The largest absolute Gasteiger partial charge is 0.495 e. The minimum Gasteiger partial charge on any atom is -0.495 e. The van der Waals surface area contributed by atoms with Crippen molar-refractivity contribution in [1.29, 1.82) is 0 Å². The van der Waals surface area contributed by atoms with Crippen molar-refractivity contribution >= 4 is 26.8 Å². The van der Waals surface area contributed by atoms with Crippen LogP contribution in [0.5, 0.6) is 11.6 Å². The number of sulfonamides is 1. The number of fused-ring (bicyclic) bond motifs is 1. The molecule has 0 saturated heterocycles. The fourth-order valence-electron chi connectivity index (χ4n) is 3.93. The first-order valence-corrected chi connectivity index (χ1v) is 12.6. The lowest BCUT2D eigenvalue weighted by Crippen LogP contribution is -2.34. The average Bonchev–Trinajstić information content (AvgIpc) is 3.50. The molecule has 0 aliphatic heterocycles. The molecule has 3 heterocycles. The Bertz CT molecular complexity index is 1620. The second-order valence-electron chi connectivity index (χ2n) is 8.43. The van der Waals surface area contributed by atoms with Crippen LogP contribution in [0, 0.1) is 17.8 Å². The van der Waals surface area contributed by atoms with Crippen LogP contribution in [0.1, 0.15) is 24.1 Å². The predicted molar refractivity (Wildman–Crippen MR) is 128 cm³/mol. The van der Waals surface area contributed by atoms with Gasteiger partial charge in [-0.3, -0.25) is 9.40 Å². The molecule has 3 aromatic heterocycles. The molecule has 0 radical (unpaired) electrons. The van der Waals surface area contributed by atoms with Crippen molar-refractivity contribution in [2.75, 3.05) is 18.9 Å². The Morgan fingerprint density at radius 1 is 1.24 bits per heavy atom. The molecule has 1 N–H and O–H groups in total. The van der Waals surface area contributed by atoms with Crippen LogP contribution in [0.4, 0.5) is 14.6 Å². The molecule has 192 valence electrons. The van der Waals surface area contributed by atoms with Crippen LogP contribution < -0.4 is 14.2 Å². The second-order valence-corrected chi connectivity index (χ2v) is 10.1. The Hall–Kier alpha value is -4.18. The summed E-state index contributed by atoms with van der Waals surface area (Å²) in [6.07, 6.45) is 2.80. The minimum atomic E-state index is -4.25. The number of rotatable bonds is 7. The highest BCUT2D eigenvalue weighted by molar-refractivity contribution is 7.92. The summed E-state index contributed by atoms with van der Waals surface area (Å²) in [7, 11) is -1.52. The Labute approximate surface area is 210 Å². The van der Waals surface area contributed by atoms with Gasteiger partial charge < -0.3 is 14.0 Å². The third-order valence-corrected chi connectivity index (χ3v) is 7.11. The lowest BCUT2D eigenvalue weighted by molar-refractivity contribution is -0.0936. The van der Waals surface area contributed by atoms with Gasteiger partial charge in [-0.15, -0.1) is 0 Å². The van der Waals surface area contributed by atoms with E-state index in [-0.39, 0.29) is 46.2 Å². The molecule has 0 unspecified atom stereocenters. The first kappa shape index (κ1) is 24.5. The Morgan fingerprint density at radius 3 is 2.73 bits per heavy atom. The van der Waals surface area contributed by atoms with Gasteiger partial charge in [0.05, 0.1) is 26.5 Å². The summed E-state index contributed by atoms with van der Waals surface area (Å²) in [5.41, 5.74) is 1.16. The minimum absolute atomic E-state index is 0.0626. The van der Waals surface area contributed by atoms with E-state index in [1.54, 1.807) is 35.3 Å².